The second-order valence-corrected chi connectivity index (χ2v) is 7.96. The van der Waals surface area contributed by atoms with E-state index in [0.717, 1.165) is 12.8 Å². The predicted octanol–water partition coefficient (Wildman–Crippen LogP) is 3.66. The molecule has 1 saturated heterocycles. The summed E-state index contributed by atoms with van der Waals surface area (Å²) in [6.45, 7) is 6.67. The van der Waals surface area contributed by atoms with Gasteiger partial charge < -0.3 is 9.88 Å². The molecule has 3 heterocycles. The van der Waals surface area contributed by atoms with Crippen LogP contribution in [0.5, 0.6) is 0 Å². The molecule has 0 bridgehead atoms. The Morgan fingerprint density at radius 1 is 1.17 bits per heavy atom. The number of aryl methyl sites for hydroxylation is 3. The summed E-state index contributed by atoms with van der Waals surface area (Å²) in [6.07, 6.45) is 3.62. The van der Waals surface area contributed by atoms with E-state index in [1.165, 1.54) is 16.7 Å². The van der Waals surface area contributed by atoms with Crippen LogP contribution < -0.4 is 5.56 Å². The normalized spacial score (nSPS) is 16.1. The monoisotopic (exact) mass is 402 g/mol. The minimum atomic E-state index is -0.279. The van der Waals surface area contributed by atoms with E-state index in [0.29, 0.717) is 29.3 Å². The Labute approximate surface area is 176 Å². The topological polar surface area (TPSA) is 79.0 Å². The van der Waals surface area contributed by atoms with Crippen molar-refractivity contribution in [2.24, 2.45) is 0 Å². The largest absolute Gasteiger partial charge is 0.335 e. The Balaban J connectivity index is 1.57. The number of pyridine rings is 1. The summed E-state index contributed by atoms with van der Waals surface area (Å²) in [4.78, 5) is 39.3. The Bertz CT molecular complexity index is 1140. The van der Waals surface area contributed by atoms with Crippen LogP contribution in [0, 0.1) is 20.8 Å². The fourth-order valence-electron chi connectivity index (χ4n) is 4.08. The lowest BCUT2D eigenvalue weighted by Crippen LogP contribution is -2.34. The van der Waals surface area contributed by atoms with Crippen molar-refractivity contribution in [2.45, 2.75) is 46.1 Å². The number of likely N-dealkylation sites (tertiary alicyclic amines) is 1. The van der Waals surface area contributed by atoms with Crippen LogP contribution in [0.15, 0.2) is 47.4 Å². The highest BCUT2D eigenvalue weighted by Gasteiger charge is 2.30. The van der Waals surface area contributed by atoms with Gasteiger partial charge in [0.2, 0.25) is 5.91 Å². The number of aromatic amines is 1. The zero-order valence-electron chi connectivity index (χ0n) is 17.6. The number of nitrogens with one attached hydrogen (secondary N) is 1. The summed E-state index contributed by atoms with van der Waals surface area (Å²) < 4.78 is 0. The van der Waals surface area contributed by atoms with Crippen molar-refractivity contribution < 1.29 is 4.79 Å². The molecule has 30 heavy (non-hydrogen) atoms. The third-order valence-electron chi connectivity index (χ3n) is 5.95. The molecule has 1 aliphatic rings. The molecule has 0 unspecified atom stereocenters. The standard InChI is InChI=1S/C24H26N4O2/c1-15-9-10-18(13-16(15)2)21-8-6-12-28(21)22(29)14-19-17(3)26-23(27-24(19)30)20-7-4-5-11-25-20/h4-5,7,9-11,13,21H,6,8,12,14H2,1-3H3,(H,26,27,30)/t21-/m1/s1. The van der Waals surface area contributed by atoms with Crippen molar-refractivity contribution in [1.29, 1.82) is 0 Å². The van der Waals surface area contributed by atoms with E-state index in [9.17, 15) is 9.59 Å². The van der Waals surface area contributed by atoms with Gasteiger partial charge >= 0.3 is 0 Å². The number of amides is 1. The van der Waals surface area contributed by atoms with E-state index in [-0.39, 0.29) is 23.9 Å². The smallest absolute Gasteiger partial charge is 0.255 e. The summed E-state index contributed by atoms with van der Waals surface area (Å²) >= 11 is 0. The Hall–Kier alpha value is -3.28. The molecule has 1 atom stereocenters. The van der Waals surface area contributed by atoms with Crippen LogP contribution in [0.1, 0.15) is 46.8 Å². The van der Waals surface area contributed by atoms with Gasteiger partial charge in [-0.05, 0) is 62.4 Å². The van der Waals surface area contributed by atoms with Gasteiger partial charge in [-0.15, -0.1) is 0 Å². The molecule has 1 amide bonds. The molecule has 1 N–H and O–H groups in total. The number of carbonyl (C=O) groups is 1. The summed E-state index contributed by atoms with van der Waals surface area (Å²) in [6, 6.07) is 11.9. The van der Waals surface area contributed by atoms with Crippen LogP contribution >= 0.6 is 0 Å². The average Bonchev–Trinajstić information content (AvgIpc) is 3.23. The van der Waals surface area contributed by atoms with Crippen molar-refractivity contribution in [3.05, 3.63) is 80.9 Å². The first-order valence-electron chi connectivity index (χ1n) is 10.3. The Morgan fingerprint density at radius 3 is 2.70 bits per heavy atom. The summed E-state index contributed by atoms with van der Waals surface area (Å²) in [5.41, 5.74) is 4.95. The second-order valence-electron chi connectivity index (χ2n) is 7.96. The molecule has 1 aliphatic heterocycles. The maximum absolute atomic E-state index is 13.1. The van der Waals surface area contributed by atoms with E-state index < -0.39 is 0 Å². The number of carbonyl (C=O) groups excluding carboxylic acids is 1. The summed E-state index contributed by atoms with van der Waals surface area (Å²) in [5, 5.41) is 0. The maximum Gasteiger partial charge on any atom is 0.255 e. The van der Waals surface area contributed by atoms with Gasteiger partial charge in [0.15, 0.2) is 5.82 Å². The Kier molecular flexibility index (Phi) is 5.48. The zero-order valence-corrected chi connectivity index (χ0v) is 17.6. The third-order valence-corrected chi connectivity index (χ3v) is 5.95. The minimum absolute atomic E-state index is 0.0308. The molecule has 0 spiro atoms. The lowest BCUT2D eigenvalue weighted by atomic mass is 9.99. The number of hydrogen-bond donors (Lipinski definition) is 1. The number of nitrogens with zero attached hydrogens (tertiary/aromatic N) is 3. The van der Waals surface area contributed by atoms with Gasteiger partial charge in [-0.2, -0.15) is 0 Å². The molecule has 0 saturated carbocycles. The van der Waals surface area contributed by atoms with Gasteiger partial charge in [0.25, 0.3) is 5.56 Å². The summed E-state index contributed by atoms with van der Waals surface area (Å²) in [5.74, 6) is 0.389. The number of H-pyrrole nitrogens is 1. The SMILES string of the molecule is Cc1ccc([C@H]2CCCN2C(=O)Cc2c(C)nc(-c3ccccn3)[nH]c2=O)cc1C. The van der Waals surface area contributed by atoms with E-state index in [1.807, 2.05) is 17.0 Å². The van der Waals surface area contributed by atoms with Crippen LogP contribution in [0.2, 0.25) is 0 Å². The first-order valence-corrected chi connectivity index (χ1v) is 10.3. The highest BCUT2D eigenvalue weighted by atomic mass is 16.2. The third kappa shape index (κ3) is 3.90. The molecule has 6 nitrogen and oxygen atoms in total. The van der Waals surface area contributed by atoms with Crippen molar-refractivity contribution in [1.82, 2.24) is 19.9 Å². The Morgan fingerprint density at radius 2 is 2.00 bits per heavy atom. The highest BCUT2D eigenvalue weighted by molar-refractivity contribution is 5.79. The maximum atomic E-state index is 13.1. The van der Waals surface area contributed by atoms with Gasteiger partial charge in [0.05, 0.1) is 12.5 Å². The van der Waals surface area contributed by atoms with Gasteiger partial charge in [-0.1, -0.05) is 24.3 Å². The highest BCUT2D eigenvalue weighted by Crippen LogP contribution is 2.33. The quantitative estimate of drug-likeness (QED) is 0.722. The lowest BCUT2D eigenvalue weighted by molar-refractivity contribution is -0.131. The molecular formula is C24H26N4O2. The molecule has 0 radical (unpaired) electrons. The van der Waals surface area contributed by atoms with Gasteiger partial charge in [0, 0.05) is 24.0 Å². The van der Waals surface area contributed by atoms with Crippen LogP contribution in [-0.2, 0) is 11.2 Å². The molecule has 6 heteroatoms. The molecule has 4 rings (SSSR count). The van der Waals surface area contributed by atoms with Crippen LogP contribution in [0.4, 0.5) is 0 Å². The van der Waals surface area contributed by atoms with Crippen LogP contribution in [0.3, 0.4) is 0 Å². The molecule has 2 aromatic heterocycles. The van der Waals surface area contributed by atoms with Crippen molar-refractivity contribution in [3.63, 3.8) is 0 Å². The summed E-state index contributed by atoms with van der Waals surface area (Å²) in [7, 11) is 0. The molecule has 1 fully saturated rings. The molecule has 3 aromatic rings. The van der Waals surface area contributed by atoms with Gasteiger partial charge in [-0.25, -0.2) is 4.98 Å². The van der Waals surface area contributed by atoms with Crippen LogP contribution in [-0.4, -0.2) is 32.3 Å². The average molecular weight is 402 g/mol. The number of hydrogen-bond acceptors (Lipinski definition) is 4. The van der Waals surface area contributed by atoms with E-state index in [2.05, 4.69) is 47.0 Å². The number of rotatable bonds is 4. The van der Waals surface area contributed by atoms with E-state index in [4.69, 9.17) is 0 Å². The van der Waals surface area contributed by atoms with Gasteiger partial charge in [-0.3, -0.25) is 14.6 Å². The van der Waals surface area contributed by atoms with Crippen LogP contribution in [0.25, 0.3) is 11.5 Å². The molecular weight excluding hydrogens is 376 g/mol. The second kappa shape index (κ2) is 8.22. The van der Waals surface area contributed by atoms with Crippen molar-refractivity contribution >= 4 is 5.91 Å². The zero-order chi connectivity index (χ0) is 21.3. The van der Waals surface area contributed by atoms with E-state index in [1.54, 1.807) is 19.2 Å². The molecule has 1 aromatic carbocycles. The fourth-order valence-corrected chi connectivity index (χ4v) is 4.08. The predicted molar refractivity (Wildman–Crippen MR) is 116 cm³/mol. The number of aromatic nitrogens is 3. The van der Waals surface area contributed by atoms with Crippen molar-refractivity contribution in [2.75, 3.05) is 6.54 Å². The van der Waals surface area contributed by atoms with Crippen molar-refractivity contribution in [3.8, 4) is 11.5 Å². The minimum Gasteiger partial charge on any atom is -0.335 e. The number of benzene rings is 1. The molecule has 154 valence electrons. The van der Waals surface area contributed by atoms with Gasteiger partial charge in [0.1, 0.15) is 5.69 Å². The van der Waals surface area contributed by atoms with E-state index >= 15 is 0 Å². The first-order chi connectivity index (χ1) is 14.4. The molecule has 0 aliphatic carbocycles. The first kappa shape index (κ1) is 20.0. The fraction of sp³-hybridized carbons (Fsp3) is 0.333. The lowest BCUT2D eigenvalue weighted by Gasteiger charge is -2.26.